The third kappa shape index (κ3) is 2.53. The summed E-state index contributed by atoms with van der Waals surface area (Å²) in [6.45, 7) is 7.78. The van der Waals surface area contributed by atoms with E-state index in [-0.39, 0.29) is 11.8 Å². The Morgan fingerprint density at radius 1 is 0.833 bits per heavy atom. The first-order valence-electron chi connectivity index (χ1n) is 4.03. The van der Waals surface area contributed by atoms with Crippen LogP contribution in [0.4, 0.5) is 0 Å². The van der Waals surface area contributed by atoms with E-state index >= 15 is 0 Å². The van der Waals surface area contributed by atoms with Gasteiger partial charge in [-0.1, -0.05) is 27.7 Å². The van der Waals surface area contributed by atoms with Crippen LogP contribution in [0.1, 0.15) is 27.7 Å². The van der Waals surface area contributed by atoms with Crippen molar-refractivity contribution in [3.05, 3.63) is 11.4 Å². The van der Waals surface area contributed by atoms with Gasteiger partial charge < -0.3 is 0 Å². The molecule has 0 aromatic heterocycles. The summed E-state index contributed by atoms with van der Waals surface area (Å²) in [4.78, 5) is 0. The molecule has 0 saturated heterocycles. The predicted octanol–water partition coefficient (Wildman–Crippen LogP) is 3.57. The zero-order valence-electron chi connectivity index (χ0n) is 8.05. The smallest absolute Gasteiger partial charge is 0.0884 e. The number of nitrogens with one attached hydrogen (secondary N) is 2. The number of allylic oxidation sites excluding steroid dienone is 2. The van der Waals surface area contributed by atoms with Gasteiger partial charge in [-0.3, -0.25) is 0 Å². The summed E-state index contributed by atoms with van der Waals surface area (Å²) in [6.07, 6.45) is 0. The van der Waals surface area contributed by atoms with Gasteiger partial charge in [-0.15, -0.1) is 0 Å². The monoisotopic (exact) mass is 168 g/mol. The Kier molecular flexibility index (Phi) is 4.33. The van der Waals surface area contributed by atoms with Crippen molar-refractivity contribution in [3.63, 3.8) is 0 Å². The van der Waals surface area contributed by atoms with Crippen LogP contribution in [-0.2, 0) is 0 Å². The Morgan fingerprint density at radius 2 is 1.08 bits per heavy atom. The predicted molar refractivity (Wildman–Crippen MR) is 47.0 cm³/mol. The van der Waals surface area contributed by atoms with Crippen molar-refractivity contribution < 1.29 is 0 Å². The van der Waals surface area contributed by atoms with Crippen LogP contribution >= 0.6 is 0 Å². The second-order valence-corrected chi connectivity index (χ2v) is 3.30. The average molecular weight is 168 g/mol. The molecule has 2 N–H and O–H groups in total. The van der Waals surface area contributed by atoms with E-state index in [9.17, 15) is 0 Å². The molecule has 0 amide bonds. The molecule has 0 atom stereocenters. The Labute approximate surface area is 73.1 Å². The molecule has 0 saturated carbocycles. The highest BCUT2D eigenvalue weighted by molar-refractivity contribution is 5.13. The first-order chi connectivity index (χ1) is 5.54. The normalized spacial score (nSPS) is 13.2. The topological polar surface area (TPSA) is 72.4 Å². The van der Waals surface area contributed by atoms with Crippen LogP contribution in [0.3, 0.4) is 0 Å². The van der Waals surface area contributed by atoms with E-state index in [1.54, 1.807) is 0 Å². The molecule has 0 bridgehead atoms. The first-order valence-corrected chi connectivity index (χ1v) is 4.03. The highest BCUT2D eigenvalue weighted by atomic mass is 15.0. The maximum Gasteiger partial charge on any atom is 0.0884 e. The number of nitrogens with zero attached hydrogens (tertiary/aromatic N) is 2. The molecule has 4 heteroatoms. The van der Waals surface area contributed by atoms with E-state index in [4.69, 9.17) is 11.1 Å². The second-order valence-electron chi connectivity index (χ2n) is 3.30. The van der Waals surface area contributed by atoms with Crippen molar-refractivity contribution in [1.29, 1.82) is 11.1 Å². The number of hydrogen-bond acceptors (Lipinski definition) is 4. The summed E-state index contributed by atoms with van der Waals surface area (Å²) in [5.41, 5.74) is 15.1. The van der Waals surface area contributed by atoms with E-state index in [0.29, 0.717) is 11.4 Å². The molecule has 0 aromatic rings. The second kappa shape index (κ2) is 4.74. The van der Waals surface area contributed by atoms with Gasteiger partial charge in [0.25, 0.3) is 0 Å². The molecule has 0 heterocycles. The van der Waals surface area contributed by atoms with Gasteiger partial charge in [0, 0.05) is 0 Å². The third-order valence-corrected chi connectivity index (χ3v) is 1.60. The molecule has 0 spiro atoms. The van der Waals surface area contributed by atoms with Crippen molar-refractivity contribution in [1.82, 2.24) is 0 Å². The summed E-state index contributed by atoms with van der Waals surface area (Å²) in [5, 5.41) is 6.79. The number of rotatable bonds is 4. The van der Waals surface area contributed by atoms with Gasteiger partial charge >= 0.3 is 0 Å². The van der Waals surface area contributed by atoms with Gasteiger partial charge in [0.05, 0.1) is 11.4 Å². The molecular formula is C8H16N4. The molecule has 0 aliphatic heterocycles. The van der Waals surface area contributed by atoms with Gasteiger partial charge in [0.2, 0.25) is 0 Å². The van der Waals surface area contributed by atoms with Gasteiger partial charge in [-0.2, -0.15) is 10.2 Å². The lowest BCUT2D eigenvalue weighted by Crippen LogP contribution is -2.00. The minimum atomic E-state index is 0.161. The van der Waals surface area contributed by atoms with Gasteiger partial charge in [-0.25, -0.2) is 11.1 Å². The molecule has 68 valence electrons. The van der Waals surface area contributed by atoms with Crippen molar-refractivity contribution >= 4 is 0 Å². The SMILES string of the molecule is CC(C)/C(N=N)=C(/N=N)C(C)C. The minimum absolute atomic E-state index is 0.161. The molecule has 0 rings (SSSR count). The van der Waals surface area contributed by atoms with Crippen LogP contribution in [0.25, 0.3) is 0 Å². The van der Waals surface area contributed by atoms with E-state index in [1.807, 2.05) is 27.7 Å². The largest absolute Gasteiger partial charge is 0.205 e. The molecule has 0 unspecified atom stereocenters. The quantitative estimate of drug-likeness (QED) is 0.602. The van der Waals surface area contributed by atoms with Crippen molar-refractivity contribution in [3.8, 4) is 0 Å². The minimum Gasteiger partial charge on any atom is -0.205 e. The zero-order valence-corrected chi connectivity index (χ0v) is 8.05. The highest BCUT2D eigenvalue weighted by Crippen LogP contribution is 2.22. The molecule has 0 aliphatic rings. The summed E-state index contributed by atoms with van der Waals surface area (Å²) in [7, 11) is 0. The third-order valence-electron chi connectivity index (χ3n) is 1.60. The fourth-order valence-electron chi connectivity index (χ4n) is 0.964. The van der Waals surface area contributed by atoms with Crippen LogP contribution in [0, 0.1) is 22.9 Å². The Morgan fingerprint density at radius 3 is 1.17 bits per heavy atom. The summed E-state index contributed by atoms with van der Waals surface area (Å²) in [6, 6.07) is 0. The van der Waals surface area contributed by atoms with Crippen molar-refractivity contribution in [2.45, 2.75) is 27.7 Å². The molecule has 4 nitrogen and oxygen atoms in total. The fourth-order valence-corrected chi connectivity index (χ4v) is 0.964. The summed E-state index contributed by atoms with van der Waals surface area (Å²) >= 11 is 0. The van der Waals surface area contributed by atoms with Crippen molar-refractivity contribution in [2.24, 2.45) is 22.1 Å². The molecular weight excluding hydrogens is 152 g/mol. The van der Waals surface area contributed by atoms with Gasteiger partial charge in [0.15, 0.2) is 0 Å². The van der Waals surface area contributed by atoms with Crippen LogP contribution in [0.15, 0.2) is 21.6 Å². The van der Waals surface area contributed by atoms with Crippen LogP contribution < -0.4 is 0 Å². The maximum atomic E-state index is 6.94. The van der Waals surface area contributed by atoms with E-state index in [0.717, 1.165) is 0 Å². The number of hydrogen-bond donors (Lipinski definition) is 2. The van der Waals surface area contributed by atoms with Gasteiger partial charge in [0.1, 0.15) is 0 Å². The van der Waals surface area contributed by atoms with Crippen LogP contribution in [0.5, 0.6) is 0 Å². The Balaban J connectivity index is 5.00. The van der Waals surface area contributed by atoms with E-state index in [2.05, 4.69) is 10.2 Å². The average Bonchev–Trinajstić information content (AvgIpc) is 1.98. The summed E-state index contributed by atoms with van der Waals surface area (Å²) < 4.78 is 0. The zero-order chi connectivity index (χ0) is 9.72. The summed E-state index contributed by atoms with van der Waals surface area (Å²) in [5.74, 6) is 0.322. The lowest BCUT2D eigenvalue weighted by Gasteiger charge is -2.10. The van der Waals surface area contributed by atoms with Gasteiger partial charge in [-0.05, 0) is 11.8 Å². The molecule has 0 fully saturated rings. The van der Waals surface area contributed by atoms with Crippen molar-refractivity contribution in [2.75, 3.05) is 0 Å². The standard InChI is InChI=1S/C8H16N4/c1-5(2)7(11-9)8(12-10)6(3)4/h5-6,9-10H,1-4H3/b8-7-,11-9?,12-10?. The molecule has 0 radical (unpaired) electrons. The maximum absolute atomic E-state index is 6.94. The van der Waals surface area contributed by atoms with Crippen LogP contribution in [-0.4, -0.2) is 0 Å². The molecule has 0 aromatic carbocycles. The first kappa shape index (κ1) is 10.9. The lowest BCUT2D eigenvalue weighted by molar-refractivity contribution is 0.647. The molecule has 0 aliphatic carbocycles. The van der Waals surface area contributed by atoms with E-state index < -0.39 is 0 Å². The Hall–Kier alpha value is -1.06. The van der Waals surface area contributed by atoms with E-state index in [1.165, 1.54) is 0 Å². The highest BCUT2D eigenvalue weighted by Gasteiger charge is 2.12. The lowest BCUT2D eigenvalue weighted by atomic mass is 10.0. The fraction of sp³-hybridized carbons (Fsp3) is 0.750. The van der Waals surface area contributed by atoms with Crippen LogP contribution in [0.2, 0.25) is 0 Å². The Bertz CT molecular complexity index is 181. The molecule has 12 heavy (non-hydrogen) atoms.